The van der Waals surface area contributed by atoms with E-state index in [0.717, 1.165) is 5.56 Å². The van der Waals surface area contributed by atoms with Crippen LogP contribution in [-0.4, -0.2) is 6.04 Å². The number of hydrazine groups is 1. The number of nitrogens with one attached hydrogen (secondary N) is 1. The van der Waals surface area contributed by atoms with Crippen molar-refractivity contribution in [3.05, 3.63) is 70.5 Å². The maximum Gasteiger partial charge on any atom is 0.145 e. The summed E-state index contributed by atoms with van der Waals surface area (Å²) < 4.78 is 14.1. The molecule has 0 bridgehead atoms. The van der Waals surface area contributed by atoms with E-state index in [2.05, 4.69) is 31.4 Å². The molecular formula is C17H20ClFN2. The lowest BCUT2D eigenvalue weighted by molar-refractivity contribution is 0.338. The standard InChI is InChI=1S/C17H20ClFN2/c1-17(2,13-8-4-3-5-9-13)15(21-20)11-12-7-6-10-14(18)16(12)19/h3-10,15,21H,11,20H2,1-2H3. The van der Waals surface area contributed by atoms with E-state index in [-0.39, 0.29) is 22.3 Å². The van der Waals surface area contributed by atoms with Gasteiger partial charge in [0.05, 0.1) is 5.02 Å². The fraction of sp³-hybridized carbons (Fsp3) is 0.294. The van der Waals surface area contributed by atoms with Gasteiger partial charge < -0.3 is 0 Å². The Morgan fingerprint density at radius 1 is 1.14 bits per heavy atom. The largest absolute Gasteiger partial charge is 0.271 e. The molecule has 0 aliphatic carbocycles. The van der Waals surface area contributed by atoms with Crippen LogP contribution in [0.3, 0.4) is 0 Å². The Kier molecular flexibility index (Phi) is 4.99. The molecule has 0 radical (unpaired) electrons. The van der Waals surface area contributed by atoms with Gasteiger partial charge in [0.25, 0.3) is 0 Å². The summed E-state index contributed by atoms with van der Waals surface area (Å²) >= 11 is 5.85. The molecule has 0 saturated carbocycles. The van der Waals surface area contributed by atoms with Crippen molar-refractivity contribution in [2.75, 3.05) is 0 Å². The quantitative estimate of drug-likeness (QED) is 0.651. The average Bonchev–Trinajstić information content (AvgIpc) is 2.49. The minimum atomic E-state index is -0.372. The predicted octanol–water partition coefficient (Wildman–Crippen LogP) is 3.83. The monoisotopic (exact) mass is 306 g/mol. The molecule has 3 N–H and O–H groups in total. The molecule has 112 valence electrons. The zero-order chi connectivity index (χ0) is 15.5. The first-order chi connectivity index (χ1) is 9.96. The minimum Gasteiger partial charge on any atom is -0.271 e. The summed E-state index contributed by atoms with van der Waals surface area (Å²) in [7, 11) is 0. The molecule has 2 nitrogen and oxygen atoms in total. The number of hydrogen-bond acceptors (Lipinski definition) is 2. The Labute approximate surface area is 130 Å². The lowest BCUT2D eigenvalue weighted by Crippen LogP contribution is -2.49. The van der Waals surface area contributed by atoms with E-state index in [0.29, 0.717) is 12.0 Å². The minimum absolute atomic E-state index is 0.118. The van der Waals surface area contributed by atoms with Crippen molar-refractivity contribution in [2.45, 2.75) is 31.7 Å². The average molecular weight is 307 g/mol. The van der Waals surface area contributed by atoms with Crippen LogP contribution < -0.4 is 11.3 Å². The molecule has 21 heavy (non-hydrogen) atoms. The predicted molar refractivity (Wildman–Crippen MR) is 85.7 cm³/mol. The summed E-state index contributed by atoms with van der Waals surface area (Å²) in [6.07, 6.45) is 0.463. The number of benzene rings is 2. The Balaban J connectivity index is 2.29. The summed E-state index contributed by atoms with van der Waals surface area (Å²) in [5, 5.41) is 0.140. The summed E-state index contributed by atoms with van der Waals surface area (Å²) in [4.78, 5) is 0. The molecule has 0 spiro atoms. The molecule has 0 aliphatic heterocycles. The highest BCUT2D eigenvalue weighted by molar-refractivity contribution is 6.30. The number of rotatable bonds is 5. The van der Waals surface area contributed by atoms with Gasteiger partial charge in [-0.2, -0.15) is 0 Å². The Morgan fingerprint density at radius 3 is 2.43 bits per heavy atom. The normalized spacial score (nSPS) is 13.2. The van der Waals surface area contributed by atoms with Crippen molar-refractivity contribution in [1.82, 2.24) is 5.43 Å². The van der Waals surface area contributed by atoms with Crippen LogP contribution in [-0.2, 0) is 11.8 Å². The molecule has 1 atom stereocenters. The van der Waals surface area contributed by atoms with Crippen LogP contribution in [0.4, 0.5) is 4.39 Å². The summed E-state index contributed by atoms with van der Waals surface area (Å²) in [5.74, 6) is 5.35. The smallest absolute Gasteiger partial charge is 0.145 e. The fourth-order valence-corrected chi connectivity index (χ4v) is 2.71. The van der Waals surface area contributed by atoms with Gasteiger partial charge in [-0.15, -0.1) is 0 Å². The van der Waals surface area contributed by atoms with Gasteiger partial charge in [-0.1, -0.05) is 67.9 Å². The maximum absolute atomic E-state index is 14.1. The lowest BCUT2D eigenvalue weighted by Gasteiger charge is -2.34. The molecule has 0 saturated heterocycles. The van der Waals surface area contributed by atoms with E-state index in [9.17, 15) is 4.39 Å². The van der Waals surface area contributed by atoms with Crippen molar-refractivity contribution >= 4 is 11.6 Å². The highest BCUT2D eigenvalue weighted by Gasteiger charge is 2.31. The summed E-state index contributed by atoms with van der Waals surface area (Å²) in [6, 6.07) is 15.0. The molecule has 2 aromatic carbocycles. The van der Waals surface area contributed by atoms with Gasteiger partial charge in [0.1, 0.15) is 5.82 Å². The number of halogens is 2. The topological polar surface area (TPSA) is 38.0 Å². The van der Waals surface area contributed by atoms with Crippen LogP contribution in [0, 0.1) is 5.82 Å². The first-order valence-corrected chi connectivity index (χ1v) is 7.29. The molecular weight excluding hydrogens is 287 g/mol. The molecule has 1 unspecified atom stereocenters. The number of hydrogen-bond donors (Lipinski definition) is 2. The second kappa shape index (κ2) is 6.56. The number of nitrogens with two attached hydrogens (primary N) is 1. The summed E-state index contributed by atoms with van der Waals surface area (Å²) in [6.45, 7) is 4.19. The van der Waals surface area contributed by atoms with Crippen molar-refractivity contribution in [1.29, 1.82) is 0 Å². The van der Waals surface area contributed by atoms with Gasteiger partial charge in [0, 0.05) is 11.5 Å². The highest BCUT2D eigenvalue weighted by Crippen LogP contribution is 2.30. The molecule has 0 fully saturated rings. The first-order valence-electron chi connectivity index (χ1n) is 6.91. The van der Waals surface area contributed by atoms with Crippen LogP contribution in [0.25, 0.3) is 0 Å². The van der Waals surface area contributed by atoms with Gasteiger partial charge in [-0.05, 0) is 23.6 Å². The van der Waals surface area contributed by atoms with E-state index in [1.54, 1.807) is 18.2 Å². The van der Waals surface area contributed by atoms with Gasteiger partial charge in [-0.25, -0.2) is 4.39 Å². The second-order valence-corrected chi connectivity index (χ2v) is 6.13. The van der Waals surface area contributed by atoms with Gasteiger partial charge in [0.2, 0.25) is 0 Å². The van der Waals surface area contributed by atoms with E-state index < -0.39 is 0 Å². The second-order valence-electron chi connectivity index (χ2n) is 5.72. The molecule has 0 aromatic heterocycles. The van der Waals surface area contributed by atoms with E-state index >= 15 is 0 Å². The molecule has 0 heterocycles. The third-order valence-electron chi connectivity index (χ3n) is 4.05. The zero-order valence-electron chi connectivity index (χ0n) is 12.2. The van der Waals surface area contributed by atoms with E-state index in [1.165, 1.54) is 0 Å². The van der Waals surface area contributed by atoms with Crippen molar-refractivity contribution < 1.29 is 4.39 Å². The Bertz CT molecular complexity index is 599. The van der Waals surface area contributed by atoms with Gasteiger partial charge >= 0.3 is 0 Å². The molecule has 0 aliphatic rings. The molecule has 0 amide bonds. The van der Waals surface area contributed by atoms with Crippen molar-refractivity contribution in [2.24, 2.45) is 5.84 Å². The third-order valence-corrected chi connectivity index (χ3v) is 4.34. The van der Waals surface area contributed by atoms with Crippen molar-refractivity contribution in [3.63, 3.8) is 0 Å². The lowest BCUT2D eigenvalue weighted by atomic mass is 9.75. The van der Waals surface area contributed by atoms with E-state index in [4.69, 9.17) is 17.4 Å². The van der Waals surface area contributed by atoms with E-state index in [1.807, 2.05) is 18.2 Å². The summed E-state index contributed by atoms with van der Waals surface area (Å²) in [5.41, 5.74) is 4.29. The zero-order valence-corrected chi connectivity index (χ0v) is 13.0. The maximum atomic E-state index is 14.1. The third kappa shape index (κ3) is 3.43. The van der Waals surface area contributed by atoms with Crippen LogP contribution in [0.15, 0.2) is 48.5 Å². The van der Waals surface area contributed by atoms with Crippen LogP contribution in [0.2, 0.25) is 5.02 Å². The SMILES string of the molecule is CC(C)(c1ccccc1)C(Cc1cccc(Cl)c1F)NN. The highest BCUT2D eigenvalue weighted by atomic mass is 35.5. The molecule has 2 rings (SSSR count). The molecule has 4 heteroatoms. The van der Waals surface area contributed by atoms with Crippen molar-refractivity contribution in [3.8, 4) is 0 Å². The van der Waals surface area contributed by atoms with Crippen LogP contribution >= 0.6 is 11.6 Å². The van der Waals surface area contributed by atoms with Crippen LogP contribution in [0.5, 0.6) is 0 Å². The van der Waals surface area contributed by atoms with Gasteiger partial charge in [-0.3, -0.25) is 11.3 Å². The Morgan fingerprint density at radius 2 is 1.81 bits per heavy atom. The first kappa shape index (κ1) is 16.0. The van der Waals surface area contributed by atoms with Gasteiger partial charge in [0.15, 0.2) is 0 Å². The Hall–Kier alpha value is -1.42. The fourth-order valence-electron chi connectivity index (χ4n) is 2.52. The van der Waals surface area contributed by atoms with Crippen LogP contribution in [0.1, 0.15) is 25.0 Å². The molecule has 2 aromatic rings.